The van der Waals surface area contributed by atoms with E-state index in [1.54, 1.807) is 15.8 Å². The van der Waals surface area contributed by atoms with Crippen molar-refractivity contribution in [3.63, 3.8) is 0 Å². The fourth-order valence-corrected chi connectivity index (χ4v) is 13.2. The van der Waals surface area contributed by atoms with Gasteiger partial charge in [-0.2, -0.15) is 9.65 Å². The predicted molar refractivity (Wildman–Crippen MR) is 121 cm³/mol. The number of allylic oxidation sites excluding steroid dienone is 9. The summed E-state index contributed by atoms with van der Waals surface area (Å²) < 4.78 is 0. The van der Waals surface area contributed by atoms with Gasteiger partial charge in [0.05, 0.1) is 0 Å². The average molecular weight is 384 g/mol. The third kappa shape index (κ3) is 3.06. The molecular formula is C22H26P2S. The van der Waals surface area contributed by atoms with E-state index in [4.69, 9.17) is 0 Å². The largest absolute Gasteiger partial charge is 0.195 e. The molecule has 4 rings (SSSR count). The molecule has 3 unspecified atom stereocenters. The van der Waals surface area contributed by atoms with Crippen LogP contribution in [0.25, 0.3) is 6.08 Å². The van der Waals surface area contributed by atoms with Crippen molar-refractivity contribution in [3.8, 4) is 0 Å². The van der Waals surface area contributed by atoms with E-state index in [1.165, 1.54) is 22.0 Å². The summed E-state index contributed by atoms with van der Waals surface area (Å²) in [5.74, 6) is 0. The van der Waals surface area contributed by atoms with Crippen LogP contribution in [0.3, 0.4) is 0 Å². The van der Waals surface area contributed by atoms with Crippen molar-refractivity contribution in [2.75, 3.05) is 12.5 Å². The Balaban J connectivity index is 1.55. The van der Waals surface area contributed by atoms with E-state index in [2.05, 4.69) is 90.3 Å². The highest BCUT2D eigenvalue weighted by Crippen LogP contribution is 2.97. The molecule has 1 aliphatic heterocycles. The summed E-state index contributed by atoms with van der Waals surface area (Å²) in [6.07, 6.45) is 19.8. The lowest BCUT2D eigenvalue weighted by Crippen LogP contribution is -1.96. The molecule has 1 heterocycles. The molecule has 1 aromatic rings. The summed E-state index contributed by atoms with van der Waals surface area (Å²) in [5.41, 5.74) is 6.60. The Morgan fingerprint density at radius 2 is 2.08 bits per heavy atom. The van der Waals surface area contributed by atoms with Crippen LogP contribution >= 0.6 is 26.0 Å². The van der Waals surface area contributed by atoms with Crippen molar-refractivity contribution in [2.45, 2.75) is 30.8 Å². The monoisotopic (exact) mass is 384 g/mol. The van der Waals surface area contributed by atoms with Crippen molar-refractivity contribution in [1.29, 1.82) is 0 Å². The highest BCUT2D eigenvalue weighted by Gasteiger charge is 2.57. The van der Waals surface area contributed by atoms with Crippen molar-refractivity contribution in [2.24, 2.45) is 0 Å². The number of benzene rings is 1. The van der Waals surface area contributed by atoms with Gasteiger partial charge in [-0.25, -0.2) is 0 Å². The summed E-state index contributed by atoms with van der Waals surface area (Å²) in [5, 5.41) is 3.16. The third-order valence-corrected chi connectivity index (χ3v) is 14.5. The minimum absolute atomic E-state index is 0.0259. The van der Waals surface area contributed by atoms with Crippen LogP contribution in [0.4, 0.5) is 0 Å². The third-order valence-electron chi connectivity index (χ3n) is 5.22. The van der Waals surface area contributed by atoms with Gasteiger partial charge in [0.1, 0.15) is 0 Å². The molecule has 3 heteroatoms. The lowest BCUT2D eigenvalue weighted by atomic mass is 10.0. The van der Waals surface area contributed by atoms with Crippen molar-refractivity contribution in [1.82, 2.24) is 0 Å². The minimum atomic E-state index is -0.737. The molecule has 0 bridgehead atoms. The van der Waals surface area contributed by atoms with E-state index in [0.717, 1.165) is 12.1 Å². The molecule has 25 heavy (non-hydrogen) atoms. The molecule has 0 radical (unpaired) electrons. The van der Waals surface area contributed by atoms with Crippen LogP contribution < -0.4 is 0 Å². The quantitative estimate of drug-likeness (QED) is 0.387. The smallest absolute Gasteiger partial charge is 0.0423 e. The molecule has 0 amide bonds. The Kier molecular flexibility index (Phi) is 4.48. The first-order chi connectivity index (χ1) is 11.9. The fourth-order valence-electron chi connectivity index (χ4n) is 3.77. The summed E-state index contributed by atoms with van der Waals surface area (Å²) >= 11 is 0. The van der Waals surface area contributed by atoms with Gasteiger partial charge < -0.3 is 0 Å². The lowest BCUT2D eigenvalue weighted by Gasteiger charge is -2.32. The van der Waals surface area contributed by atoms with Crippen LogP contribution in [-0.4, -0.2) is 18.2 Å². The molecule has 0 spiro atoms. The first-order valence-corrected chi connectivity index (χ1v) is 13.8. The van der Waals surface area contributed by atoms with Gasteiger partial charge in [-0.1, -0.05) is 48.1 Å². The fraction of sp³-hybridized carbons (Fsp3) is 0.273. The minimum Gasteiger partial charge on any atom is -0.195 e. The van der Waals surface area contributed by atoms with E-state index in [-0.39, 0.29) is 7.12 Å². The molecule has 1 saturated heterocycles. The SMILES string of the molecule is C/C=C/C(C)=C\C=C1/C=C2C1P2S(C)(C)c1ccc2c(c1)C=C(P)C2. The first kappa shape index (κ1) is 17.5. The van der Waals surface area contributed by atoms with E-state index in [0.29, 0.717) is 0 Å². The van der Waals surface area contributed by atoms with Gasteiger partial charge in [0.25, 0.3) is 0 Å². The van der Waals surface area contributed by atoms with Gasteiger partial charge in [0, 0.05) is 5.66 Å². The Morgan fingerprint density at radius 3 is 2.84 bits per heavy atom. The van der Waals surface area contributed by atoms with E-state index < -0.39 is 9.65 Å². The van der Waals surface area contributed by atoms with E-state index in [1.807, 2.05) is 0 Å². The Bertz CT molecular complexity index is 897. The van der Waals surface area contributed by atoms with Gasteiger partial charge in [-0.05, 0) is 84.3 Å². The Morgan fingerprint density at radius 1 is 1.28 bits per heavy atom. The number of hydrogen-bond acceptors (Lipinski definition) is 0. The molecule has 3 aliphatic rings. The van der Waals surface area contributed by atoms with Crippen LogP contribution in [0, 0.1) is 0 Å². The van der Waals surface area contributed by atoms with Crippen molar-refractivity contribution < 1.29 is 0 Å². The molecule has 0 N–H and O–H groups in total. The molecule has 1 fully saturated rings. The molecule has 0 aromatic heterocycles. The molecule has 2 aliphatic carbocycles. The second-order valence-corrected chi connectivity index (χ2v) is 16.8. The van der Waals surface area contributed by atoms with Crippen LogP contribution in [0.15, 0.2) is 75.2 Å². The predicted octanol–water partition coefficient (Wildman–Crippen LogP) is 7.01. The molecule has 0 saturated carbocycles. The topological polar surface area (TPSA) is 0 Å². The van der Waals surface area contributed by atoms with Crippen LogP contribution in [0.1, 0.15) is 25.0 Å². The van der Waals surface area contributed by atoms with Gasteiger partial charge in [0.2, 0.25) is 0 Å². The normalized spacial score (nSPS) is 26.9. The zero-order chi connectivity index (χ0) is 17.8. The maximum Gasteiger partial charge on any atom is 0.0423 e. The molecular weight excluding hydrogens is 358 g/mol. The van der Waals surface area contributed by atoms with Crippen LogP contribution in [-0.2, 0) is 6.42 Å². The van der Waals surface area contributed by atoms with Gasteiger partial charge >= 0.3 is 0 Å². The first-order valence-electron chi connectivity index (χ1n) is 8.76. The standard InChI is InChI=1S/C22H26P2S/c1-5-6-15(2)7-8-17-14-21-22(17)24(21)25(3,4)20-10-9-16-11-19(23)12-18(16)13-20/h5-10,12-14,22H,11,23H2,1-4H3/b6-5+,15-7-,17-8+. The molecule has 3 atom stereocenters. The summed E-state index contributed by atoms with van der Waals surface area (Å²) in [7, 11) is 2.16. The van der Waals surface area contributed by atoms with Crippen LogP contribution in [0.2, 0.25) is 0 Å². The van der Waals surface area contributed by atoms with E-state index in [9.17, 15) is 0 Å². The second-order valence-electron chi connectivity index (χ2n) is 7.40. The summed E-state index contributed by atoms with van der Waals surface area (Å²) in [4.78, 5) is 1.59. The zero-order valence-corrected chi connectivity index (χ0v) is 18.3. The average Bonchev–Trinajstić information content (AvgIpc) is 2.97. The highest BCUT2D eigenvalue weighted by molar-refractivity contribution is 8.79. The van der Waals surface area contributed by atoms with Gasteiger partial charge in [-0.3, -0.25) is 0 Å². The van der Waals surface area contributed by atoms with Gasteiger partial charge in [0.15, 0.2) is 0 Å². The van der Waals surface area contributed by atoms with E-state index >= 15 is 0 Å². The summed E-state index contributed by atoms with van der Waals surface area (Å²) in [6, 6.07) is 7.25. The maximum atomic E-state index is 2.87. The number of fused-ring (bicyclic) bond motifs is 2. The molecule has 130 valence electrons. The number of hydrogen-bond donors (Lipinski definition) is 0. The number of rotatable bonds is 4. The Labute approximate surface area is 156 Å². The van der Waals surface area contributed by atoms with Crippen LogP contribution in [0.5, 0.6) is 0 Å². The summed E-state index contributed by atoms with van der Waals surface area (Å²) in [6.45, 7) is 4.24. The second kappa shape index (κ2) is 6.38. The van der Waals surface area contributed by atoms with Crippen molar-refractivity contribution >= 4 is 32.1 Å². The lowest BCUT2D eigenvalue weighted by molar-refractivity contribution is 1.26. The molecule has 0 nitrogen and oxygen atoms in total. The zero-order valence-electron chi connectivity index (χ0n) is 15.4. The van der Waals surface area contributed by atoms with Gasteiger partial charge in [-0.15, -0.1) is 9.24 Å². The molecule has 1 aromatic carbocycles. The van der Waals surface area contributed by atoms with Crippen molar-refractivity contribution in [3.05, 3.63) is 81.5 Å². The highest BCUT2D eigenvalue weighted by atomic mass is 32.8. The Hall–Kier alpha value is -0.870. The maximum absolute atomic E-state index is 2.87.